The number of fused-ring (bicyclic) bond motifs is 2. The van der Waals surface area contributed by atoms with Crippen LogP contribution in [0, 0.1) is 5.92 Å². The van der Waals surface area contributed by atoms with E-state index in [1.807, 2.05) is 79.4 Å². The van der Waals surface area contributed by atoms with Crippen molar-refractivity contribution in [2.24, 2.45) is 5.92 Å². The van der Waals surface area contributed by atoms with Crippen LogP contribution in [0.25, 0.3) is 10.8 Å². The third-order valence-corrected chi connectivity index (χ3v) is 9.44. The Labute approximate surface area is 217 Å². The highest BCUT2D eigenvalue weighted by Crippen LogP contribution is 2.38. The number of amides is 1. The molecule has 0 fully saturated rings. The van der Waals surface area contributed by atoms with E-state index in [2.05, 4.69) is 11.4 Å². The summed E-state index contributed by atoms with van der Waals surface area (Å²) in [6.07, 6.45) is 0.781. The molecule has 0 saturated carbocycles. The second-order valence-corrected chi connectivity index (χ2v) is 12.6. The lowest BCUT2D eigenvalue weighted by atomic mass is 9.93. The first-order valence-corrected chi connectivity index (χ1v) is 14.6. The van der Waals surface area contributed by atoms with E-state index in [1.54, 1.807) is 23.5 Å². The van der Waals surface area contributed by atoms with Gasteiger partial charge in [-0.3, -0.25) is 4.79 Å². The van der Waals surface area contributed by atoms with Crippen LogP contribution in [0.15, 0.2) is 89.1 Å². The SMILES string of the molecule is CC(C)CN(CC(=O)N1CCc2sccc2[C@H]1c1ccccc1)S(=O)(=O)c1ccc2ccccc2c1. The van der Waals surface area contributed by atoms with Crippen molar-refractivity contribution in [2.75, 3.05) is 19.6 Å². The van der Waals surface area contributed by atoms with Crippen LogP contribution in [0.1, 0.15) is 35.9 Å². The first-order chi connectivity index (χ1) is 17.3. The highest BCUT2D eigenvalue weighted by Gasteiger charge is 2.35. The highest BCUT2D eigenvalue weighted by atomic mass is 32.2. The molecule has 0 bridgehead atoms. The topological polar surface area (TPSA) is 57.7 Å². The van der Waals surface area contributed by atoms with Gasteiger partial charge < -0.3 is 4.90 Å². The normalized spacial score (nSPS) is 16.0. The lowest BCUT2D eigenvalue weighted by Gasteiger charge is -2.37. The fraction of sp³-hybridized carbons (Fsp3) is 0.276. The maximum Gasteiger partial charge on any atom is 0.243 e. The van der Waals surface area contributed by atoms with E-state index < -0.39 is 10.0 Å². The number of hydrogen-bond donors (Lipinski definition) is 0. The Hall–Kier alpha value is -3.00. The summed E-state index contributed by atoms with van der Waals surface area (Å²) in [5, 5.41) is 3.91. The van der Waals surface area contributed by atoms with Crippen LogP contribution in [0.4, 0.5) is 0 Å². The number of carbonyl (C=O) groups is 1. The van der Waals surface area contributed by atoms with Gasteiger partial charge in [-0.2, -0.15) is 4.31 Å². The molecule has 0 aliphatic carbocycles. The summed E-state index contributed by atoms with van der Waals surface area (Å²) in [5.74, 6) is -0.103. The maximum atomic E-state index is 13.8. The Kier molecular flexibility index (Phi) is 6.97. The molecule has 4 aromatic rings. The minimum absolute atomic E-state index is 0.0720. The quantitative estimate of drug-likeness (QED) is 0.314. The van der Waals surface area contributed by atoms with E-state index >= 15 is 0 Å². The summed E-state index contributed by atoms with van der Waals surface area (Å²) in [6, 6.07) is 24.7. The Morgan fingerprint density at radius 2 is 1.72 bits per heavy atom. The highest BCUT2D eigenvalue weighted by molar-refractivity contribution is 7.89. The van der Waals surface area contributed by atoms with Crippen LogP contribution in [0.5, 0.6) is 0 Å². The molecule has 1 aromatic heterocycles. The molecular weight excluding hydrogens is 488 g/mol. The third kappa shape index (κ3) is 4.83. The molecule has 2 heterocycles. The molecule has 3 aromatic carbocycles. The Balaban J connectivity index is 1.47. The van der Waals surface area contributed by atoms with Gasteiger partial charge in [0.25, 0.3) is 0 Å². The van der Waals surface area contributed by atoms with Gasteiger partial charge >= 0.3 is 0 Å². The summed E-state index contributed by atoms with van der Waals surface area (Å²) in [6.45, 7) is 4.60. The molecule has 1 amide bonds. The fourth-order valence-electron chi connectivity index (χ4n) is 4.95. The van der Waals surface area contributed by atoms with Crippen molar-refractivity contribution in [2.45, 2.75) is 31.2 Å². The molecule has 1 atom stereocenters. The van der Waals surface area contributed by atoms with Crippen molar-refractivity contribution in [3.05, 3.63) is 100 Å². The number of nitrogens with zero attached hydrogens (tertiary/aromatic N) is 2. The average Bonchev–Trinajstić information content (AvgIpc) is 3.36. The largest absolute Gasteiger partial charge is 0.330 e. The monoisotopic (exact) mass is 518 g/mol. The van der Waals surface area contributed by atoms with E-state index in [0.717, 1.165) is 28.3 Å². The summed E-state index contributed by atoms with van der Waals surface area (Å²) >= 11 is 1.72. The van der Waals surface area contributed by atoms with Gasteiger partial charge in [0, 0.05) is 18.0 Å². The van der Waals surface area contributed by atoms with Gasteiger partial charge in [-0.15, -0.1) is 11.3 Å². The molecule has 0 N–H and O–H groups in total. The van der Waals surface area contributed by atoms with Crippen LogP contribution < -0.4 is 0 Å². The second-order valence-electron chi connectivity index (χ2n) is 9.65. The molecule has 1 aliphatic rings. The van der Waals surface area contributed by atoms with Crippen molar-refractivity contribution >= 4 is 38.0 Å². The zero-order valence-electron chi connectivity index (χ0n) is 20.5. The maximum absolute atomic E-state index is 13.8. The van der Waals surface area contributed by atoms with Crippen LogP contribution in [-0.4, -0.2) is 43.2 Å². The molecule has 0 unspecified atom stereocenters. The molecular formula is C29H30N2O3S2. The Morgan fingerprint density at radius 3 is 2.47 bits per heavy atom. The summed E-state index contributed by atoms with van der Waals surface area (Å²) < 4.78 is 28.9. The van der Waals surface area contributed by atoms with Crippen LogP contribution >= 0.6 is 11.3 Å². The lowest BCUT2D eigenvalue weighted by molar-refractivity contribution is -0.133. The summed E-state index contributed by atoms with van der Waals surface area (Å²) in [4.78, 5) is 17.2. The molecule has 0 spiro atoms. The van der Waals surface area contributed by atoms with E-state index in [9.17, 15) is 13.2 Å². The van der Waals surface area contributed by atoms with Crippen LogP contribution in [0.3, 0.4) is 0 Å². The first kappa shape index (κ1) is 24.7. The minimum atomic E-state index is -3.87. The molecule has 186 valence electrons. The van der Waals surface area contributed by atoms with Gasteiger partial charge in [0.15, 0.2) is 0 Å². The number of benzene rings is 3. The summed E-state index contributed by atoms with van der Waals surface area (Å²) in [5.41, 5.74) is 2.18. The first-order valence-electron chi connectivity index (χ1n) is 12.2. The zero-order chi connectivity index (χ0) is 25.3. The molecule has 7 heteroatoms. The van der Waals surface area contributed by atoms with Gasteiger partial charge in [-0.05, 0) is 57.8 Å². The van der Waals surface area contributed by atoms with Gasteiger partial charge in [0.1, 0.15) is 0 Å². The number of carbonyl (C=O) groups excluding carboxylic acids is 1. The van der Waals surface area contributed by atoms with E-state index in [0.29, 0.717) is 6.54 Å². The molecule has 0 saturated heterocycles. The molecule has 1 aliphatic heterocycles. The molecule has 5 nitrogen and oxygen atoms in total. The average molecular weight is 519 g/mol. The van der Waals surface area contributed by atoms with E-state index in [1.165, 1.54) is 9.18 Å². The van der Waals surface area contributed by atoms with Gasteiger partial charge in [0.2, 0.25) is 15.9 Å². The number of sulfonamides is 1. The van der Waals surface area contributed by atoms with E-state index in [4.69, 9.17) is 0 Å². The molecule has 0 radical (unpaired) electrons. The number of hydrogen-bond acceptors (Lipinski definition) is 4. The van der Waals surface area contributed by atoms with E-state index in [-0.39, 0.29) is 35.9 Å². The lowest BCUT2D eigenvalue weighted by Crippen LogP contribution is -2.47. The Bertz CT molecular complexity index is 1480. The van der Waals surface area contributed by atoms with Crippen LogP contribution in [0.2, 0.25) is 0 Å². The van der Waals surface area contributed by atoms with Crippen molar-refractivity contribution < 1.29 is 13.2 Å². The van der Waals surface area contributed by atoms with Gasteiger partial charge in [0.05, 0.1) is 17.5 Å². The minimum Gasteiger partial charge on any atom is -0.330 e. The predicted octanol–water partition coefficient (Wildman–Crippen LogP) is 5.72. The van der Waals surface area contributed by atoms with Gasteiger partial charge in [-0.1, -0.05) is 74.5 Å². The third-order valence-electron chi connectivity index (χ3n) is 6.64. The van der Waals surface area contributed by atoms with Crippen molar-refractivity contribution in [3.63, 3.8) is 0 Å². The van der Waals surface area contributed by atoms with Crippen molar-refractivity contribution in [3.8, 4) is 0 Å². The van der Waals surface area contributed by atoms with Crippen molar-refractivity contribution in [1.82, 2.24) is 9.21 Å². The van der Waals surface area contributed by atoms with Crippen LogP contribution in [-0.2, 0) is 21.2 Å². The Morgan fingerprint density at radius 1 is 1.00 bits per heavy atom. The number of rotatable bonds is 7. The standard InChI is InChI=1S/C29H30N2O3S2/c1-21(2)19-30(36(33,34)25-13-12-22-8-6-7-11-24(22)18-25)20-28(32)31-16-14-27-26(15-17-35-27)29(31)23-9-4-3-5-10-23/h3-13,15,17-18,21,29H,14,16,19-20H2,1-2H3/t29-/m1/s1. The molecule has 5 rings (SSSR count). The van der Waals surface area contributed by atoms with Crippen molar-refractivity contribution in [1.29, 1.82) is 0 Å². The predicted molar refractivity (Wildman–Crippen MR) is 146 cm³/mol. The summed E-state index contributed by atoms with van der Waals surface area (Å²) in [7, 11) is -3.87. The molecule has 36 heavy (non-hydrogen) atoms. The fourth-order valence-corrected chi connectivity index (χ4v) is 7.45. The number of thiophene rings is 1. The van der Waals surface area contributed by atoms with Gasteiger partial charge in [-0.25, -0.2) is 8.42 Å². The smallest absolute Gasteiger partial charge is 0.243 e. The zero-order valence-corrected chi connectivity index (χ0v) is 22.1. The second kappa shape index (κ2) is 10.2.